The number of unbranched alkanes of at least 4 members (excludes halogenated alkanes) is 1. The molecule has 6 nitrogen and oxygen atoms in total. The summed E-state index contributed by atoms with van der Waals surface area (Å²) in [5, 5.41) is 4.03. The lowest BCUT2D eigenvalue weighted by Gasteiger charge is -2.41. The van der Waals surface area contributed by atoms with Crippen molar-refractivity contribution in [2.75, 3.05) is 19.0 Å². The Labute approximate surface area is 188 Å². The number of anilines is 1. The molecule has 0 spiro atoms. The highest BCUT2D eigenvalue weighted by Gasteiger charge is 2.40. The molecule has 3 aromatic rings. The Bertz CT molecular complexity index is 1090. The third-order valence-electron chi connectivity index (χ3n) is 6.16. The molecule has 1 aliphatic heterocycles. The molecule has 1 aliphatic rings. The maximum atomic E-state index is 13.5. The Balaban J connectivity index is 1.67. The fourth-order valence-electron chi connectivity index (χ4n) is 4.47. The van der Waals surface area contributed by atoms with Crippen molar-refractivity contribution in [1.82, 2.24) is 9.88 Å². The average molecular weight is 432 g/mol. The minimum absolute atomic E-state index is 0.0730. The molecule has 6 heteroatoms. The van der Waals surface area contributed by atoms with Crippen LogP contribution in [0.2, 0.25) is 0 Å². The van der Waals surface area contributed by atoms with Gasteiger partial charge in [0.25, 0.3) is 0 Å². The van der Waals surface area contributed by atoms with E-state index >= 15 is 0 Å². The van der Waals surface area contributed by atoms with Gasteiger partial charge in [-0.1, -0.05) is 31.5 Å². The van der Waals surface area contributed by atoms with Gasteiger partial charge in [0.15, 0.2) is 0 Å². The number of nitrogens with zero attached hydrogens (tertiary/aromatic N) is 2. The van der Waals surface area contributed by atoms with Crippen LogP contribution in [0.15, 0.2) is 60.8 Å². The number of hydrogen-bond acceptors (Lipinski definition) is 4. The summed E-state index contributed by atoms with van der Waals surface area (Å²) in [6.07, 6.45) is 4.53. The van der Waals surface area contributed by atoms with Crippen LogP contribution in [0.5, 0.6) is 5.75 Å². The maximum Gasteiger partial charge on any atom is 0.229 e. The predicted molar refractivity (Wildman–Crippen MR) is 125 cm³/mol. The van der Waals surface area contributed by atoms with Crippen molar-refractivity contribution in [2.24, 2.45) is 5.92 Å². The monoisotopic (exact) mass is 431 g/mol. The summed E-state index contributed by atoms with van der Waals surface area (Å²) in [6.45, 7) is 2.75. The Hall–Kier alpha value is -3.41. The number of amides is 2. The average Bonchev–Trinajstić information content (AvgIpc) is 2.83. The molecule has 2 aromatic carbocycles. The van der Waals surface area contributed by atoms with Crippen LogP contribution in [0, 0.1) is 5.92 Å². The van der Waals surface area contributed by atoms with Gasteiger partial charge < -0.3 is 15.0 Å². The first-order chi connectivity index (χ1) is 15.6. The van der Waals surface area contributed by atoms with Crippen LogP contribution in [0.1, 0.15) is 44.2 Å². The smallest absolute Gasteiger partial charge is 0.229 e. The highest BCUT2D eigenvalue weighted by molar-refractivity contribution is 6.02. The molecule has 4 rings (SSSR count). The summed E-state index contributed by atoms with van der Waals surface area (Å²) in [5.41, 5.74) is 2.53. The zero-order valence-corrected chi connectivity index (χ0v) is 18.6. The number of ether oxygens (including phenoxy) is 1. The van der Waals surface area contributed by atoms with Crippen molar-refractivity contribution in [2.45, 2.75) is 38.6 Å². The van der Waals surface area contributed by atoms with Crippen molar-refractivity contribution in [3.63, 3.8) is 0 Å². The number of carbonyl (C=O) groups is 2. The Morgan fingerprint density at radius 2 is 1.97 bits per heavy atom. The summed E-state index contributed by atoms with van der Waals surface area (Å²) in [4.78, 5) is 32.7. The molecule has 1 N–H and O–H groups in total. The normalized spacial score (nSPS) is 18.6. The van der Waals surface area contributed by atoms with Gasteiger partial charge in [-0.25, -0.2) is 0 Å². The highest BCUT2D eigenvalue weighted by Crippen LogP contribution is 2.38. The molecular formula is C26H29N3O3. The van der Waals surface area contributed by atoms with Gasteiger partial charge >= 0.3 is 0 Å². The van der Waals surface area contributed by atoms with Gasteiger partial charge in [-0.05, 0) is 54.8 Å². The van der Waals surface area contributed by atoms with Crippen LogP contribution < -0.4 is 10.1 Å². The first-order valence-corrected chi connectivity index (χ1v) is 11.2. The molecule has 1 fully saturated rings. The standard InChI is InChI=1S/C26H29N3O3/c1-3-4-17-29-24(30)15-14-21(25(29)18-10-12-19(32-2)13-11-18)26(31)28-23-9-5-8-22-20(23)7-6-16-27-22/h5-13,16,21,25H,3-4,14-15,17H2,1-2H3,(H,28,31)/t21-,25-/m0/s1. The Kier molecular flexibility index (Phi) is 6.69. The molecule has 0 saturated carbocycles. The van der Waals surface area contributed by atoms with E-state index in [-0.39, 0.29) is 23.8 Å². The lowest BCUT2D eigenvalue weighted by Crippen LogP contribution is -2.47. The van der Waals surface area contributed by atoms with E-state index in [1.165, 1.54) is 0 Å². The molecule has 0 bridgehead atoms. The molecule has 2 heterocycles. The molecule has 1 aromatic heterocycles. The van der Waals surface area contributed by atoms with Gasteiger partial charge in [0.1, 0.15) is 5.75 Å². The summed E-state index contributed by atoms with van der Waals surface area (Å²) < 4.78 is 5.30. The maximum absolute atomic E-state index is 13.5. The second kappa shape index (κ2) is 9.81. The summed E-state index contributed by atoms with van der Waals surface area (Å²) in [5.74, 6) is 0.443. The van der Waals surface area contributed by atoms with E-state index in [1.54, 1.807) is 13.3 Å². The lowest BCUT2D eigenvalue weighted by atomic mass is 9.83. The van der Waals surface area contributed by atoms with Gasteiger partial charge in [0, 0.05) is 24.5 Å². The third kappa shape index (κ3) is 4.44. The number of piperidine rings is 1. The number of pyridine rings is 1. The van der Waals surface area contributed by atoms with Crippen molar-refractivity contribution in [3.8, 4) is 5.75 Å². The molecule has 2 atom stereocenters. The van der Waals surface area contributed by atoms with Gasteiger partial charge in [-0.15, -0.1) is 0 Å². The molecule has 1 saturated heterocycles. The molecule has 0 radical (unpaired) electrons. The minimum atomic E-state index is -0.343. The van der Waals surface area contributed by atoms with E-state index in [0.717, 1.165) is 40.7 Å². The highest BCUT2D eigenvalue weighted by atomic mass is 16.5. The zero-order valence-electron chi connectivity index (χ0n) is 18.6. The summed E-state index contributed by atoms with van der Waals surface area (Å²) in [7, 11) is 1.63. The van der Waals surface area contributed by atoms with E-state index in [9.17, 15) is 9.59 Å². The number of likely N-dealkylation sites (tertiary alicyclic amines) is 1. The Morgan fingerprint density at radius 1 is 1.16 bits per heavy atom. The van der Waals surface area contributed by atoms with Crippen LogP contribution >= 0.6 is 0 Å². The van der Waals surface area contributed by atoms with Crippen LogP contribution in [0.3, 0.4) is 0 Å². The second-order valence-electron chi connectivity index (χ2n) is 8.17. The summed E-state index contributed by atoms with van der Waals surface area (Å²) >= 11 is 0. The van der Waals surface area contributed by atoms with E-state index in [2.05, 4.69) is 17.2 Å². The van der Waals surface area contributed by atoms with Gasteiger partial charge in [-0.2, -0.15) is 0 Å². The predicted octanol–water partition coefficient (Wildman–Crippen LogP) is 4.96. The van der Waals surface area contributed by atoms with Crippen molar-refractivity contribution < 1.29 is 14.3 Å². The number of fused-ring (bicyclic) bond motifs is 1. The SMILES string of the molecule is CCCCN1C(=O)CC[C@H](C(=O)Nc2cccc3ncccc23)[C@@H]1c1ccc(OC)cc1. The first-order valence-electron chi connectivity index (χ1n) is 11.2. The molecule has 0 aliphatic carbocycles. The molecule has 2 amide bonds. The van der Waals surface area contributed by atoms with Gasteiger partial charge in [-0.3, -0.25) is 14.6 Å². The van der Waals surface area contributed by atoms with E-state index in [0.29, 0.717) is 19.4 Å². The quantitative estimate of drug-likeness (QED) is 0.574. The third-order valence-corrected chi connectivity index (χ3v) is 6.16. The number of aromatic nitrogens is 1. The van der Waals surface area contributed by atoms with Crippen LogP contribution in [-0.2, 0) is 9.59 Å². The van der Waals surface area contributed by atoms with E-state index in [4.69, 9.17) is 4.74 Å². The number of rotatable bonds is 7. The van der Waals surface area contributed by atoms with Crippen LogP contribution in [0.25, 0.3) is 10.9 Å². The number of hydrogen-bond donors (Lipinski definition) is 1. The number of nitrogens with one attached hydrogen (secondary N) is 1. The van der Waals surface area contributed by atoms with Crippen LogP contribution in [0.4, 0.5) is 5.69 Å². The van der Waals surface area contributed by atoms with Gasteiger partial charge in [0.05, 0.1) is 30.3 Å². The van der Waals surface area contributed by atoms with Crippen LogP contribution in [-0.4, -0.2) is 35.4 Å². The minimum Gasteiger partial charge on any atom is -0.497 e. The lowest BCUT2D eigenvalue weighted by molar-refractivity contribution is -0.142. The van der Waals surface area contributed by atoms with Crippen molar-refractivity contribution in [3.05, 3.63) is 66.4 Å². The molecular weight excluding hydrogens is 402 g/mol. The first kappa shape index (κ1) is 21.8. The van der Waals surface area contributed by atoms with Gasteiger partial charge in [0.2, 0.25) is 11.8 Å². The zero-order chi connectivity index (χ0) is 22.5. The number of benzene rings is 2. The number of methoxy groups -OCH3 is 1. The number of carbonyl (C=O) groups excluding carboxylic acids is 2. The Morgan fingerprint density at radius 3 is 2.72 bits per heavy atom. The van der Waals surface area contributed by atoms with E-state index in [1.807, 2.05) is 59.5 Å². The largest absolute Gasteiger partial charge is 0.497 e. The van der Waals surface area contributed by atoms with Crippen molar-refractivity contribution >= 4 is 28.4 Å². The van der Waals surface area contributed by atoms with Crippen molar-refractivity contribution in [1.29, 1.82) is 0 Å². The fraction of sp³-hybridized carbons (Fsp3) is 0.346. The fourth-order valence-corrected chi connectivity index (χ4v) is 4.47. The topological polar surface area (TPSA) is 71.5 Å². The molecule has 32 heavy (non-hydrogen) atoms. The molecule has 166 valence electrons. The summed E-state index contributed by atoms with van der Waals surface area (Å²) in [6, 6.07) is 16.9. The molecule has 0 unspecified atom stereocenters. The second-order valence-corrected chi connectivity index (χ2v) is 8.17. The van der Waals surface area contributed by atoms with E-state index < -0.39 is 0 Å².